The molecule has 0 saturated heterocycles. The minimum Gasteiger partial charge on any atom is -1.00 e. The van der Waals surface area contributed by atoms with Gasteiger partial charge in [-0.05, 0) is 20.8 Å². The summed E-state index contributed by atoms with van der Waals surface area (Å²) in [4.78, 5) is 0. The van der Waals surface area contributed by atoms with Gasteiger partial charge in [-0.15, -0.1) is 0 Å². The fraction of sp³-hybridized carbons (Fsp3) is 1.00. The van der Waals surface area contributed by atoms with E-state index in [4.69, 9.17) is 5.11 Å². The van der Waals surface area contributed by atoms with Crippen LogP contribution >= 0.6 is 0 Å². The van der Waals surface area contributed by atoms with Crippen LogP contribution in [0, 0.1) is 0 Å². The Balaban J connectivity index is -0.0000000133. The van der Waals surface area contributed by atoms with Crippen LogP contribution in [0.3, 0.4) is 0 Å². The molecule has 0 amide bonds. The standard InChI is InChI=1S/C4H10O.2K.2H/c1-4(2,3)5;;;;/h5H,1-3H3;;;;/q;2*+1;2*-1. The predicted molar refractivity (Wildman–Crippen MR) is 24.2 cm³/mol. The van der Waals surface area contributed by atoms with Crippen LogP contribution in [-0.4, -0.2) is 10.7 Å². The Morgan fingerprint density at radius 2 is 1.14 bits per heavy atom. The van der Waals surface area contributed by atoms with Crippen LogP contribution < -0.4 is 103 Å². The topological polar surface area (TPSA) is 20.2 Å². The smallest absolute Gasteiger partial charge is 1.00 e. The van der Waals surface area contributed by atoms with Gasteiger partial charge >= 0.3 is 103 Å². The molecule has 0 aromatic carbocycles. The SMILES string of the molecule is CC(C)(C)O.[H-].[H-].[K+].[K+]. The van der Waals surface area contributed by atoms with Crippen LogP contribution in [0.25, 0.3) is 0 Å². The third-order valence-electron chi connectivity index (χ3n) is 0. The van der Waals surface area contributed by atoms with Crippen molar-refractivity contribution in [3.05, 3.63) is 0 Å². The van der Waals surface area contributed by atoms with Crippen molar-refractivity contribution in [3.8, 4) is 0 Å². The summed E-state index contributed by atoms with van der Waals surface area (Å²) < 4.78 is 0. The summed E-state index contributed by atoms with van der Waals surface area (Å²) in [6, 6.07) is 0. The molecule has 0 bridgehead atoms. The van der Waals surface area contributed by atoms with Crippen molar-refractivity contribution in [2.75, 3.05) is 0 Å². The summed E-state index contributed by atoms with van der Waals surface area (Å²) in [5.41, 5.74) is -0.500. The summed E-state index contributed by atoms with van der Waals surface area (Å²) in [6.07, 6.45) is 0. The van der Waals surface area contributed by atoms with E-state index in [1.807, 2.05) is 0 Å². The van der Waals surface area contributed by atoms with Crippen LogP contribution in [-0.2, 0) is 0 Å². The Bertz CT molecular complexity index is 32.0. The largest absolute Gasteiger partial charge is 1.00 e. The number of rotatable bonds is 0. The average Bonchev–Trinajstić information content (AvgIpc) is 0.722. The van der Waals surface area contributed by atoms with Crippen molar-refractivity contribution in [2.45, 2.75) is 26.4 Å². The van der Waals surface area contributed by atoms with Gasteiger partial charge in [0.1, 0.15) is 0 Å². The molecule has 1 N–H and O–H groups in total. The third-order valence-corrected chi connectivity index (χ3v) is 0. The van der Waals surface area contributed by atoms with Crippen LogP contribution in [0.2, 0.25) is 0 Å². The maximum atomic E-state index is 8.52. The second kappa shape index (κ2) is 7.34. The van der Waals surface area contributed by atoms with Gasteiger partial charge in [-0.1, -0.05) is 0 Å². The maximum absolute atomic E-state index is 8.52. The second-order valence-corrected chi connectivity index (χ2v) is 2.17. The molecule has 36 valence electrons. The van der Waals surface area contributed by atoms with Gasteiger partial charge in [0.15, 0.2) is 0 Å². The molecule has 0 fully saturated rings. The summed E-state index contributed by atoms with van der Waals surface area (Å²) in [5.74, 6) is 0. The van der Waals surface area contributed by atoms with Crippen molar-refractivity contribution in [1.82, 2.24) is 0 Å². The molecule has 0 aliphatic heterocycles. The normalized spacial score (nSPS) is 8.57. The fourth-order valence-electron chi connectivity index (χ4n) is 0. The summed E-state index contributed by atoms with van der Waals surface area (Å²) >= 11 is 0. The van der Waals surface area contributed by atoms with Crippen LogP contribution in [0.15, 0.2) is 0 Å². The molecule has 0 radical (unpaired) electrons. The quantitative estimate of drug-likeness (QED) is 0.347. The van der Waals surface area contributed by atoms with E-state index in [0.717, 1.165) is 0 Å². The zero-order valence-corrected chi connectivity index (χ0v) is 12.2. The van der Waals surface area contributed by atoms with Gasteiger partial charge in [0.05, 0.1) is 5.60 Å². The Hall–Kier alpha value is 3.23. The minimum absolute atomic E-state index is 0. The molecule has 0 spiro atoms. The molecule has 0 rings (SSSR count). The molecule has 0 saturated carbocycles. The van der Waals surface area contributed by atoms with Gasteiger partial charge in [0, 0.05) is 0 Å². The van der Waals surface area contributed by atoms with Crippen LogP contribution in [0.5, 0.6) is 0 Å². The summed E-state index contributed by atoms with van der Waals surface area (Å²) in [7, 11) is 0. The first kappa shape index (κ1) is 16.7. The molecule has 0 aliphatic carbocycles. The number of aliphatic hydroxyl groups is 1. The molecule has 0 unspecified atom stereocenters. The van der Waals surface area contributed by atoms with E-state index < -0.39 is 5.60 Å². The average molecular weight is 154 g/mol. The summed E-state index contributed by atoms with van der Waals surface area (Å²) in [6.45, 7) is 5.23. The first-order valence-electron chi connectivity index (χ1n) is 1.72. The van der Waals surface area contributed by atoms with E-state index in [-0.39, 0.29) is 106 Å². The van der Waals surface area contributed by atoms with Gasteiger partial charge in [-0.25, -0.2) is 0 Å². The van der Waals surface area contributed by atoms with Gasteiger partial charge in [-0.2, -0.15) is 0 Å². The molecule has 0 aromatic heterocycles. The predicted octanol–water partition coefficient (Wildman–Crippen LogP) is -4.99. The van der Waals surface area contributed by atoms with Crippen molar-refractivity contribution in [2.24, 2.45) is 0 Å². The van der Waals surface area contributed by atoms with Crippen LogP contribution in [0.4, 0.5) is 0 Å². The zero-order chi connectivity index (χ0) is 4.50. The van der Waals surface area contributed by atoms with Gasteiger partial charge < -0.3 is 7.96 Å². The third kappa shape index (κ3) is 46.2. The van der Waals surface area contributed by atoms with Crippen molar-refractivity contribution >= 4 is 0 Å². The van der Waals surface area contributed by atoms with Gasteiger partial charge in [0.25, 0.3) is 0 Å². The van der Waals surface area contributed by atoms with Crippen molar-refractivity contribution in [3.63, 3.8) is 0 Å². The van der Waals surface area contributed by atoms with E-state index in [1.54, 1.807) is 20.8 Å². The van der Waals surface area contributed by atoms with Crippen molar-refractivity contribution in [1.29, 1.82) is 0 Å². The molecule has 3 heteroatoms. The first-order valence-corrected chi connectivity index (χ1v) is 1.72. The summed E-state index contributed by atoms with van der Waals surface area (Å²) in [5, 5.41) is 8.52. The zero-order valence-electron chi connectivity index (χ0n) is 7.95. The molecule has 0 atom stereocenters. The minimum atomic E-state index is -0.500. The Kier molecular flexibility index (Phi) is 17.5. The molecular weight excluding hydrogens is 142 g/mol. The van der Waals surface area contributed by atoms with E-state index in [2.05, 4.69) is 0 Å². The van der Waals surface area contributed by atoms with Crippen LogP contribution in [0.1, 0.15) is 23.6 Å². The number of hydrogen-bond donors (Lipinski definition) is 1. The maximum Gasteiger partial charge on any atom is 1.00 e. The monoisotopic (exact) mass is 154 g/mol. The second-order valence-electron chi connectivity index (χ2n) is 2.17. The Morgan fingerprint density at radius 3 is 1.14 bits per heavy atom. The molecule has 0 aliphatic rings. The van der Waals surface area contributed by atoms with E-state index in [0.29, 0.717) is 0 Å². The molecule has 0 aromatic rings. The first-order chi connectivity index (χ1) is 2.00. The Morgan fingerprint density at radius 1 is 1.14 bits per heavy atom. The molecular formula is C4H12K2O. The Labute approximate surface area is 133 Å². The van der Waals surface area contributed by atoms with E-state index >= 15 is 0 Å². The van der Waals surface area contributed by atoms with E-state index in [9.17, 15) is 0 Å². The van der Waals surface area contributed by atoms with Crippen molar-refractivity contribution < 1.29 is 111 Å². The number of hydrogen-bond acceptors (Lipinski definition) is 1. The van der Waals surface area contributed by atoms with Gasteiger partial charge in [0.2, 0.25) is 0 Å². The van der Waals surface area contributed by atoms with Gasteiger partial charge in [-0.3, -0.25) is 0 Å². The molecule has 1 nitrogen and oxygen atoms in total. The molecule has 7 heavy (non-hydrogen) atoms. The molecule has 0 heterocycles. The van der Waals surface area contributed by atoms with E-state index in [1.165, 1.54) is 0 Å². The fourth-order valence-corrected chi connectivity index (χ4v) is 0.